The molecule has 0 bridgehead atoms. The van der Waals surface area contributed by atoms with Crippen molar-refractivity contribution in [2.24, 2.45) is 13.0 Å². The van der Waals surface area contributed by atoms with E-state index in [4.69, 9.17) is 0 Å². The molecule has 2 aromatic rings. The first-order chi connectivity index (χ1) is 15.9. The van der Waals surface area contributed by atoms with Crippen molar-refractivity contribution < 1.29 is 9.59 Å². The average molecular weight is 455 g/mol. The molecule has 5 rings (SSSR count). The zero-order valence-electron chi connectivity index (χ0n) is 19.0. The number of aryl methyl sites for hydroxylation is 1. The standard InChI is InChI=1S/C23H30N6O4/c1-26-20-19(22(32)29(23(26)33)14-18(30)25-16-4-2-3-5-16)17(8-9-24-20)27-10-12-28(13-11-27)21(31)15-6-7-15/h8-9,15-16H,2-7,10-14H2,1H3,(H,25,30). The van der Waals surface area contributed by atoms with Crippen LogP contribution >= 0.6 is 0 Å². The van der Waals surface area contributed by atoms with Gasteiger partial charge in [-0.05, 0) is 31.7 Å². The highest BCUT2D eigenvalue weighted by atomic mass is 16.2. The van der Waals surface area contributed by atoms with Crippen LogP contribution in [0.3, 0.4) is 0 Å². The lowest BCUT2D eigenvalue weighted by Crippen LogP contribution is -2.50. The smallest absolute Gasteiger partial charge is 0.332 e. The van der Waals surface area contributed by atoms with E-state index in [0.29, 0.717) is 42.9 Å². The highest BCUT2D eigenvalue weighted by Gasteiger charge is 2.35. The summed E-state index contributed by atoms with van der Waals surface area (Å²) in [6.45, 7) is 2.09. The van der Waals surface area contributed by atoms with Gasteiger partial charge < -0.3 is 15.1 Å². The van der Waals surface area contributed by atoms with Crippen LogP contribution in [0.1, 0.15) is 38.5 Å². The van der Waals surface area contributed by atoms with Crippen molar-refractivity contribution in [3.05, 3.63) is 33.1 Å². The first-order valence-electron chi connectivity index (χ1n) is 11.9. The maximum absolute atomic E-state index is 13.4. The van der Waals surface area contributed by atoms with Crippen molar-refractivity contribution in [2.45, 2.75) is 51.1 Å². The number of fused-ring (bicyclic) bond motifs is 1. The van der Waals surface area contributed by atoms with Gasteiger partial charge in [0.05, 0.1) is 5.69 Å². The Bertz CT molecular complexity index is 1200. The second-order valence-electron chi connectivity index (χ2n) is 9.40. The van der Waals surface area contributed by atoms with Crippen LogP contribution in [0.15, 0.2) is 21.9 Å². The highest BCUT2D eigenvalue weighted by Crippen LogP contribution is 2.32. The van der Waals surface area contributed by atoms with Crippen LogP contribution in [-0.2, 0) is 23.2 Å². The minimum Gasteiger partial charge on any atom is -0.367 e. The number of carbonyl (C=O) groups is 2. The topological polar surface area (TPSA) is 110 Å². The maximum atomic E-state index is 13.4. The normalized spacial score (nSPS) is 19.3. The number of hydrogen-bond donors (Lipinski definition) is 1. The van der Waals surface area contributed by atoms with Crippen LogP contribution in [0.2, 0.25) is 0 Å². The molecule has 1 aliphatic heterocycles. The number of anilines is 1. The molecule has 176 valence electrons. The lowest BCUT2D eigenvalue weighted by molar-refractivity contribution is -0.132. The molecule has 1 N–H and O–H groups in total. The van der Waals surface area contributed by atoms with Crippen LogP contribution < -0.4 is 21.5 Å². The number of nitrogens with one attached hydrogen (secondary N) is 1. The Hall–Kier alpha value is -3.17. The Balaban J connectivity index is 1.44. The summed E-state index contributed by atoms with van der Waals surface area (Å²) < 4.78 is 2.33. The predicted molar refractivity (Wildman–Crippen MR) is 123 cm³/mol. The van der Waals surface area contributed by atoms with Crippen molar-refractivity contribution in [1.82, 2.24) is 24.3 Å². The Labute approximate surface area is 191 Å². The zero-order chi connectivity index (χ0) is 23.1. The summed E-state index contributed by atoms with van der Waals surface area (Å²) in [5.41, 5.74) is -0.0802. The number of pyridine rings is 1. The van der Waals surface area contributed by atoms with E-state index in [9.17, 15) is 19.2 Å². The molecule has 10 nitrogen and oxygen atoms in total. The number of amides is 2. The number of nitrogens with zero attached hydrogens (tertiary/aromatic N) is 5. The van der Waals surface area contributed by atoms with Gasteiger partial charge in [-0.1, -0.05) is 12.8 Å². The van der Waals surface area contributed by atoms with E-state index in [-0.39, 0.29) is 30.3 Å². The van der Waals surface area contributed by atoms with Crippen LogP contribution in [0, 0.1) is 5.92 Å². The van der Waals surface area contributed by atoms with E-state index in [0.717, 1.165) is 43.1 Å². The second-order valence-corrected chi connectivity index (χ2v) is 9.40. The summed E-state index contributed by atoms with van der Waals surface area (Å²) in [7, 11) is 1.57. The third-order valence-electron chi connectivity index (χ3n) is 7.08. The molecule has 2 aromatic heterocycles. The van der Waals surface area contributed by atoms with Crippen molar-refractivity contribution >= 4 is 28.5 Å². The van der Waals surface area contributed by atoms with Gasteiger partial charge in [-0.25, -0.2) is 9.78 Å². The SMILES string of the molecule is Cn1c(=O)n(CC(=O)NC2CCCC2)c(=O)c2c(N3CCN(C(=O)C4CC4)CC3)ccnc21. The minimum atomic E-state index is -0.557. The first-order valence-corrected chi connectivity index (χ1v) is 11.9. The monoisotopic (exact) mass is 454 g/mol. The van der Waals surface area contributed by atoms with Gasteiger partial charge in [-0.15, -0.1) is 0 Å². The molecule has 1 saturated heterocycles. The molecule has 3 heterocycles. The summed E-state index contributed by atoms with van der Waals surface area (Å²) in [5.74, 6) is 0.0979. The van der Waals surface area contributed by atoms with E-state index in [1.807, 2.05) is 4.90 Å². The lowest BCUT2D eigenvalue weighted by Gasteiger charge is -2.36. The van der Waals surface area contributed by atoms with Crippen molar-refractivity contribution in [3.63, 3.8) is 0 Å². The molecule has 2 amide bonds. The quantitative estimate of drug-likeness (QED) is 0.692. The second kappa shape index (κ2) is 8.64. The largest absolute Gasteiger partial charge is 0.367 e. The molecule has 33 heavy (non-hydrogen) atoms. The molecule has 2 saturated carbocycles. The molecule has 0 unspecified atom stereocenters. The molecule has 3 aliphatic rings. The summed E-state index contributed by atoms with van der Waals surface area (Å²) in [6.07, 6.45) is 7.58. The van der Waals surface area contributed by atoms with E-state index in [1.165, 1.54) is 4.57 Å². The fraction of sp³-hybridized carbons (Fsp3) is 0.609. The van der Waals surface area contributed by atoms with Gasteiger partial charge in [0.1, 0.15) is 11.9 Å². The Kier molecular flexibility index (Phi) is 5.67. The molecule has 2 aliphatic carbocycles. The molecular weight excluding hydrogens is 424 g/mol. The zero-order valence-corrected chi connectivity index (χ0v) is 19.0. The van der Waals surface area contributed by atoms with Crippen molar-refractivity contribution in [1.29, 1.82) is 0 Å². The summed E-state index contributed by atoms with van der Waals surface area (Å²) >= 11 is 0. The Morgan fingerprint density at radius 2 is 1.76 bits per heavy atom. The third kappa shape index (κ3) is 4.14. The van der Waals surface area contributed by atoms with Gasteiger partial charge >= 0.3 is 5.69 Å². The number of piperazine rings is 1. The average Bonchev–Trinajstić information content (AvgIpc) is 3.56. The van der Waals surface area contributed by atoms with Gasteiger partial charge in [0.2, 0.25) is 11.8 Å². The van der Waals surface area contributed by atoms with Gasteiger partial charge in [-0.2, -0.15) is 0 Å². The van der Waals surface area contributed by atoms with Gasteiger partial charge in [0.25, 0.3) is 5.56 Å². The molecule has 10 heteroatoms. The predicted octanol–water partition coefficient (Wildman–Crippen LogP) is 0.213. The highest BCUT2D eigenvalue weighted by molar-refractivity contribution is 5.89. The third-order valence-corrected chi connectivity index (χ3v) is 7.08. The van der Waals surface area contributed by atoms with Crippen LogP contribution in [0.25, 0.3) is 11.0 Å². The summed E-state index contributed by atoms with van der Waals surface area (Å²) in [4.78, 5) is 59.6. The number of carbonyl (C=O) groups excluding carboxylic acids is 2. The van der Waals surface area contributed by atoms with Gasteiger partial charge in [0.15, 0.2) is 5.65 Å². The number of hydrogen-bond acceptors (Lipinski definition) is 6. The minimum absolute atomic E-state index is 0.115. The number of rotatable bonds is 5. The summed E-state index contributed by atoms with van der Waals surface area (Å²) in [6, 6.07) is 1.89. The molecule has 0 atom stereocenters. The molecule has 0 spiro atoms. The number of aromatic nitrogens is 3. The van der Waals surface area contributed by atoms with E-state index in [1.54, 1.807) is 19.3 Å². The molecule has 3 fully saturated rings. The molecule has 0 radical (unpaired) electrons. The Morgan fingerprint density at radius 1 is 1.06 bits per heavy atom. The van der Waals surface area contributed by atoms with Crippen LogP contribution in [0.4, 0.5) is 5.69 Å². The molecular formula is C23H30N6O4. The first kappa shape index (κ1) is 21.7. The van der Waals surface area contributed by atoms with E-state index < -0.39 is 11.2 Å². The maximum Gasteiger partial charge on any atom is 0.332 e. The van der Waals surface area contributed by atoms with E-state index >= 15 is 0 Å². The van der Waals surface area contributed by atoms with E-state index in [2.05, 4.69) is 15.2 Å². The van der Waals surface area contributed by atoms with Crippen molar-refractivity contribution in [2.75, 3.05) is 31.1 Å². The lowest BCUT2D eigenvalue weighted by atomic mass is 10.2. The molecule has 0 aromatic carbocycles. The van der Waals surface area contributed by atoms with Crippen molar-refractivity contribution in [3.8, 4) is 0 Å². The van der Waals surface area contributed by atoms with Crippen LogP contribution in [-0.4, -0.2) is 63.1 Å². The fourth-order valence-corrected chi connectivity index (χ4v) is 5.04. The van der Waals surface area contributed by atoms with Gasteiger partial charge in [0, 0.05) is 51.4 Å². The van der Waals surface area contributed by atoms with Gasteiger partial charge in [-0.3, -0.25) is 23.5 Å². The fourth-order valence-electron chi connectivity index (χ4n) is 5.04. The Morgan fingerprint density at radius 3 is 2.42 bits per heavy atom. The summed E-state index contributed by atoms with van der Waals surface area (Å²) in [5, 5.41) is 3.28. The van der Waals surface area contributed by atoms with Crippen LogP contribution in [0.5, 0.6) is 0 Å².